The smallest absolute Gasteiger partial charge is 0.0694 e. The van der Waals surface area contributed by atoms with Crippen LogP contribution >= 0.6 is 11.6 Å². The summed E-state index contributed by atoms with van der Waals surface area (Å²) in [6.07, 6.45) is 2.09. The molecule has 1 aromatic carbocycles. The van der Waals surface area contributed by atoms with Crippen molar-refractivity contribution in [3.63, 3.8) is 0 Å². The van der Waals surface area contributed by atoms with Crippen LogP contribution in [-0.2, 0) is 13.6 Å². The van der Waals surface area contributed by atoms with Gasteiger partial charge in [-0.15, -0.1) is 0 Å². The molecule has 0 aliphatic heterocycles. The van der Waals surface area contributed by atoms with E-state index in [4.69, 9.17) is 11.6 Å². The van der Waals surface area contributed by atoms with Gasteiger partial charge in [0.15, 0.2) is 0 Å². The number of halogens is 1. The van der Waals surface area contributed by atoms with E-state index in [9.17, 15) is 0 Å². The van der Waals surface area contributed by atoms with Crippen molar-refractivity contribution < 1.29 is 0 Å². The van der Waals surface area contributed by atoms with Gasteiger partial charge in [0.05, 0.1) is 5.69 Å². The fraction of sp³-hybridized carbons (Fsp3) is 0.438. The second-order valence-electron chi connectivity index (χ2n) is 5.53. The first-order chi connectivity index (χ1) is 9.47. The van der Waals surface area contributed by atoms with Gasteiger partial charge in [0.1, 0.15) is 0 Å². The average molecular weight is 292 g/mol. The van der Waals surface area contributed by atoms with E-state index in [0.717, 1.165) is 11.6 Å². The Bertz CT molecular complexity index is 575. The van der Waals surface area contributed by atoms with Gasteiger partial charge < -0.3 is 5.32 Å². The molecule has 108 valence electrons. The Kier molecular flexibility index (Phi) is 4.84. The van der Waals surface area contributed by atoms with E-state index in [1.165, 1.54) is 16.8 Å². The SMILES string of the molecule is CC(C)c1nn(C)cc1CN[C@H](C)c1cccc(Cl)c1. The molecular weight excluding hydrogens is 270 g/mol. The number of benzene rings is 1. The number of hydrogen-bond acceptors (Lipinski definition) is 2. The molecule has 0 amide bonds. The molecule has 0 aliphatic carbocycles. The second-order valence-corrected chi connectivity index (χ2v) is 5.96. The minimum Gasteiger partial charge on any atom is -0.306 e. The lowest BCUT2D eigenvalue weighted by Crippen LogP contribution is -2.18. The van der Waals surface area contributed by atoms with Gasteiger partial charge >= 0.3 is 0 Å². The topological polar surface area (TPSA) is 29.9 Å². The molecule has 1 aromatic heterocycles. The van der Waals surface area contributed by atoms with Crippen molar-refractivity contribution in [3.05, 3.63) is 52.3 Å². The Balaban J connectivity index is 2.05. The highest BCUT2D eigenvalue weighted by Gasteiger charge is 2.12. The third-order valence-electron chi connectivity index (χ3n) is 3.43. The third-order valence-corrected chi connectivity index (χ3v) is 3.67. The van der Waals surface area contributed by atoms with Crippen molar-refractivity contribution in [2.75, 3.05) is 0 Å². The van der Waals surface area contributed by atoms with Gasteiger partial charge in [-0.25, -0.2) is 0 Å². The molecule has 1 N–H and O–H groups in total. The fourth-order valence-electron chi connectivity index (χ4n) is 2.33. The van der Waals surface area contributed by atoms with Crippen LogP contribution < -0.4 is 5.32 Å². The van der Waals surface area contributed by atoms with Gasteiger partial charge in [-0.3, -0.25) is 4.68 Å². The first-order valence-corrected chi connectivity index (χ1v) is 7.36. The molecule has 0 spiro atoms. The predicted octanol–water partition coefficient (Wildman–Crippen LogP) is 4.05. The first kappa shape index (κ1) is 15.1. The summed E-state index contributed by atoms with van der Waals surface area (Å²) < 4.78 is 1.89. The number of nitrogens with one attached hydrogen (secondary N) is 1. The molecule has 2 rings (SSSR count). The molecule has 0 saturated carbocycles. The summed E-state index contributed by atoms with van der Waals surface area (Å²) in [7, 11) is 1.97. The lowest BCUT2D eigenvalue weighted by Gasteiger charge is -2.15. The summed E-state index contributed by atoms with van der Waals surface area (Å²) >= 11 is 6.04. The van der Waals surface area contributed by atoms with Gasteiger partial charge in [-0.05, 0) is 30.5 Å². The van der Waals surface area contributed by atoms with Gasteiger partial charge in [-0.2, -0.15) is 5.10 Å². The molecular formula is C16H22ClN3. The lowest BCUT2D eigenvalue weighted by atomic mass is 10.1. The highest BCUT2D eigenvalue weighted by Crippen LogP contribution is 2.20. The van der Waals surface area contributed by atoms with E-state index in [1.54, 1.807) is 0 Å². The standard InChI is InChI=1S/C16H22ClN3/c1-11(2)16-14(10-20(4)19-16)9-18-12(3)13-6-5-7-15(17)8-13/h5-8,10-12,18H,9H2,1-4H3/t12-/m1/s1. The van der Waals surface area contributed by atoms with E-state index >= 15 is 0 Å². The van der Waals surface area contributed by atoms with Crippen LogP contribution in [0.3, 0.4) is 0 Å². The van der Waals surface area contributed by atoms with Crippen molar-refractivity contribution in [2.24, 2.45) is 7.05 Å². The largest absolute Gasteiger partial charge is 0.306 e. The Morgan fingerprint density at radius 1 is 1.30 bits per heavy atom. The van der Waals surface area contributed by atoms with E-state index in [1.807, 2.05) is 29.9 Å². The quantitative estimate of drug-likeness (QED) is 0.901. The number of aromatic nitrogens is 2. The van der Waals surface area contributed by atoms with Crippen LogP contribution in [0.25, 0.3) is 0 Å². The van der Waals surface area contributed by atoms with Gasteiger partial charge in [0.25, 0.3) is 0 Å². The summed E-state index contributed by atoms with van der Waals surface area (Å²) in [5.74, 6) is 0.439. The minimum absolute atomic E-state index is 0.258. The summed E-state index contributed by atoms with van der Waals surface area (Å²) in [4.78, 5) is 0. The predicted molar refractivity (Wildman–Crippen MR) is 84.0 cm³/mol. The van der Waals surface area contributed by atoms with E-state index < -0.39 is 0 Å². The number of aryl methyl sites for hydroxylation is 1. The molecule has 0 aliphatic rings. The van der Waals surface area contributed by atoms with Crippen LogP contribution in [0.1, 0.15) is 49.6 Å². The lowest BCUT2D eigenvalue weighted by molar-refractivity contribution is 0.570. The van der Waals surface area contributed by atoms with Crippen LogP contribution in [-0.4, -0.2) is 9.78 Å². The maximum atomic E-state index is 6.04. The van der Waals surface area contributed by atoms with Crippen LogP contribution in [0.5, 0.6) is 0 Å². The molecule has 4 heteroatoms. The molecule has 1 atom stereocenters. The minimum atomic E-state index is 0.258. The summed E-state index contributed by atoms with van der Waals surface area (Å²) in [6, 6.07) is 8.24. The van der Waals surface area contributed by atoms with E-state index in [2.05, 4.69) is 43.4 Å². The Morgan fingerprint density at radius 3 is 2.70 bits per heavy atom. The van der Waals surface area contributed by atoms with Crippen molar-refractivity contribution in [3.8, 4) is 0 Å². The first-order valence-electron chi connectivity index (χ1n) is 6.98. The highest BCUT2D eigenvalue weighted by molar-refractivity contribution is 6.30. The fourth-order valence-corrected chi connectivity index (χ4v) is 2.53. The van der Waals surface area contributed by atoms with Gasteiger partial charge in [0.2, 0.25) is 0 Å². The Labute approximate surface area is 126 Å². The van der Waals surface area contributed by atoms with Crippen LogP contribution in [0.2, 0.25) is 5.02 Å². The molecule has 3 nitrogen and oxygen atoms in total. The molecule has 2 aromatic rings. The van der Waals surface area contributed by atoms with Crippen molar-refractivity contribution >= 4 is 11.6 Å². The highest BCUT2D eigenvalue weighted by atomic mass is 35.5. The molecule has 0 saturated heterocycles. The summed E-state index contributed by atoms with van der Waals surface area (Å²) in [6.45, 7) is 7.31. The van der Waals surface area contributed by atoms with Crippen molar-refractivity contribution in [2.45, 2.75) is 39.3 Å². The van der Waals surface area contributed by atoms with Crippen molar-refractivity contribution in [1.82, 2.24) is 15.1 Å². The summed E-state index contributed by atoms with van der Waals surface area (Å²) in [5.41, 5.74) is 3.63. The molecule has 0 fully saturated rings. The van der Waals surface area contributed by atoms with Crippen LogP contribution in [0.4, 0.5) is 0 Å². The van der Waals surface area contributed by atoms with E-state index in [-0.39, 0.29) is 6.04 Å². The third kappa shape index (κ3) is 3.62. The number of rotatable bonds is 5. The Morgan fingerprint density at radius 2 is 2.05 bits per heavy atom. The zero-order valence-electron chi connectivity index (χ0n) is 12.5. The normalized spacial score (nSPS) is 12.9. The van der Waals surface area contributed by atoms with Crippen LogP contribution in [0.15, 0.2) is 30.5 Å². The number of nitrogens with zero attached hydrogens (tertiary/aromatic N) is 2. The average Bonchev–Trinajstić information content (AvgIpc) is 2.77. The Hall–Kier alpha value is -1.32. The summed E-state index contributed by atoms with van der Waals surface area (Å²) in [5, 5.41) is 8.85. The zero-order valence-corrected chi connectivity index (χ0v) is 13.3. The maximum absolute atomic E-state index is 6.04. The zero-order chi connectivity index (χ0) is 14.7. The molecule has 20 heavy (non-hydrogen) atoms. The molecule has 0 radical (unpaired) electrons. The molecule has 0 bridgehead atoms. The van der Waals surface area contributed by atoms with Crippen LogP contribution in [0, 0.1) is 0 Å². The number of hydrogen-bond donors (Lipinski definition) is 1. The molecule has 0 unspecified atom stereocenters. The van der Waals surface area contributed by atoms with Gasteiger partial charge in [-0.1, -0.05) is 37.6 Å². The van der Waals surface area contributed by atoms with Gasteiger partial charge in [0, 0.05) is 36.4 Å². The maximum Gasteiger partial charge on any atom is 0.0694 e. The second kappa shape index (κ2) is 6.42. The van der Waals surface area contributed by atoms with Crippen molar-refractivity contribution in [1.29, 1.82) is 0 Å². The molecule has 1 heterocycles. The van der Waals surface area contributed by atoms with E-state index in [0.29, 0.717) is 5.92 Å². The monoisotopic (exact) mass is 291 g/mol.